The number of carbonyl (C=O) groups is 1. The van der Waals surface area contributed by atoms with Crippen molar-refractivity contribution >= 4 is 21.5 Å². The minimum absolute atomic E-state index is 0.203. The smallest absolute Gasteiger partial charge is 0.222 e. The Morgan fingerprint density at radius 3 is 2.47 bits per heavy atom. The molecule has 1 amide bonds. The molecule has 4 nitrogen and oxygen atoms in total. The Morgan fingerprint density at radius 1 is 1.35 bits per heavy atom. The molecule has 1 aliphatic heterocycles. The van der Waals surface area contributed by atoms with Gasteiger partial charge < -0.3 is 4.90 Å². The predicted octanol–water partition coefficient (Wildman–Crippen LogP) is 0.758. The van der Waals surface area contributed by atoms with Crippen molar-refractivity contribution in [2.45, 2.75) is 24.3 Å². The van der Waals surface area contributed by atoms with Gasteiger partial charge in [-0.15, -0.1) is 0 Å². The van der Waals surface area contributed by atoms with Gasteiger partial charge in [0.05, 0.1) is 9.71 Å². The summed E-state index contributed by atoms with van der Waals surface area (Å²) in [5, 5.41) is 5.44. The van der Waals surface area contributed by atoms with Crippen LogP contribution in [0.5, 0.6) is 0 Å². The lowest BCUT2D eigenvalue weighted by Gasteiger charge is -2.15. The van der Waals surface area contributed by atoms with E-state index >= 15 is 0 Å². The highest BCUT2D eigenvalue weighted by atomic mass is 32.2. The number of benzene rings is 1. The summed E-state index contributed by atoms with van der Waals surface area (Å²) >= 11 is 0. The summed E-state index contributed by atoms with van der Waals surface area (Å²) in [5.74, 6) is 3.63. The first-order chi connectivity index (χ1) is 7.97. The SMILES string of the molecule is C=S(N)(=O)c1ccc(CN2CCCC2=O)cc1. The second-order valence-electron chi connectivity index (χ2n) is 4.29. The number of amides is 1. The van der Waals surface area contributed by atoms with Gasteiger partial charge in [-0.2, -0.15) is 0 Å². The number of likely N-dealkylation sites (tertiary alicyclic amines) is 1. The van der Waals surface area contributed by atoms with E-state index in [2.05, 4.69) is 5.87 Å². The van der Waals surface area contributed by atoms with E-state index in [-0.39, 0.29) is 5.91 Å². The van der Waals surface area contributed by atoms with Gasteiger partial charge >= 0.3 is 0 Å². The zero-order valence-electron chi connectivity index (χ0n) is 9.59. The Labute approximate surface area is 102 Å². The second-order valence-corrected chi connectivity index (χ2v) is 6.21. The van der Waals surface area contributed by atoms with Crippen LogP contribution in [0.2, 0.25) is 0 Å². The van der Waals surface area contributed by atoms with Gasteiger partial charge in [0.25, 0.3) is 0 Å². The molecule has 0 bridgehead atoms. The molecule has 5 heteroatoms. The van der Waals surface area contributed by atoms with Crippen LogP contribution in [0.25, 0.3) is 0 Å². The maximum Gasteiger partial charge on any atom is 0.222 e. The van der Waals surface area contributed by atoms with Crippen molar-refractivity contribution in [2.24, 2.45) is 5.14 Å². The van der Waals surface area contributed by atoms with Gasteiger partial charge in [0.15, 0.2) is 0 Å². The molecule has 0 aliphatic carbocycles. The molecule has 1 heterocycles. The molecular formula is C12H16N2O2S. The van der Waals surface area contributed by atoms with Crippen molar-refractivity contribution < 1.29 is 9.00 Å². The molecule has 1 fully saturated rings. The lowest BCUT2D eigenvalue weighted by atomic mass is 10.2. The minimum atomic E-state index is -2.64. The number of nitrogens with two attached hydrogens (primary N) is 1. The molecule has 0 saturated carbocycles. The maximum absolute atomic E-state index is 11.5. The first-order valence-corrected chi connectivity index (χ1v) is 7.27. The normalized spacial score (nSPS) is 19.4. The standard InChI is InChI=1S/C12H16N2O2S/c1-17(13,16)11-6-4-10(5-7-11)9-14-8-2-3-12(14)15/h4-7H,1-3,8-9H2,(H2,13,16). The highest BCUT2D eigenvalue weighted by Crippen LogP contribution is 2.15. The number of rotatable bonds is 3. The van der Waals surface area contributed by atoms with Gasteiger partial charge in [0.2, 0.25) is 5.91 Å². The molecule has 17 heavy (non-hydrogen) atoms. The summed E-state index contributed by atoms with van der Waals surface area (Å²) < 4.78 is 11.5. The summed E-state index contributed by atoms with van der Waals surface area (Å²) in [6, 6.07) is 7.12. The Balaban J connectivity index is 2.11. The van der Waals surface area contributed by atoms with E-state index in [1.54, 1.807) is 12.1 Å². The topological polar surface area (TPSA) is 63.4 Å². The van der Waals surface area contributed by atoms with Gasteiger partial charge in [-0.05, 0) is 30.0 Å². The predicted molar refractivity (Wildman–Crippen MR) is 68.8 cm³/mol. The van der Waals surface area contributed by atoms with Crippen LogP contribution >= 0.6 is 0 Å². The minimum Gasteiger partial charge on any atom is -0.338 e. The van der Waals surface area contributed by atoms with Gasteiger partial charge in [-0.1, -0.05) is 12.1 Å². The monoisotopic (exact) mass is 252 g/mol. The first-order valence-electron chi connectivity index (χ1n) is 5.48. The summed E-state index contributed by atoms with van der Waals surface area (Å²) in [5.41, 5.74) is 1.02. The zero-order chi connectivity index (χ0) is 12.5. The molecule has 0 spiro atoms. The van der Waals surface area contributed by atoms with Crippen molar-refractivity contribution in [1.29, 1.82) is 0 Å². The second kappa shape index (κ2) is 4.50. The Hall–Kier alpha value is -1.33. The van der Waals surface area contributed by atoms with Crippen molar-refractivity contribution in [3.05, 3.63) is 29.8 Å². The number of nitrogens with zero attached hydrogens (tertiary/aromatic N) is 1. The van der Waals surface area contributed by atoms with E-state index in [4.69, 9.17) is 5.14 Å². The molecule has 92 valence electrons. The van der Waals surface area contributed by atoms with Crippen LogP contribution in [0, 0.1) is 0 Å². The van der Waals surface area contributed by atoms with Gasteiger partial charge in [0, 0.05) is 24.4 Å². The quantitative estimate of drug-likeness (QED) is 0.807. The van der Waals surface area contributed by atoms with E-state index in [0.717, 1.165) is 18.5 Å². The lowest BCUT2D eigenvalue weighted by molar-refractivity contribution is -0.128. The Morgan fingerprint density at radius 2 is 2.00 bits per heavy atom. The fourth-order valence-electron chi connectivity index (χ4n) is 1.92. The molecule has 1 unspecified atom stereocenters. The van der Waals surface area contributed by atoms with Gasteiger partial charge in [0.1, 0.15) is 0 Å². The van der Waals surface area contributed by atoms with Crippen LogP contribution in [0.15, 0.2) is 29.2 Å². The third-order valence-corrected chi connectivity index (χ3v) is 3.94. The molecular weight excluding hydrogens is 236 g/mol. The molecule has 1 aromatic carbocycles. The van der Waals surface area contributed by atoms with Gasteiger partial charge in [-0.3, -0.25) is 9.93 Å². The Bertz CT molecular complexity index is 520. The zero-order valence-corrected chi connectivity index (χ0v) is 10.4. The maximum atomic E-state index is 11.5. The highest BCUT2D eigenvalue weighted by molar-refractivity contribution is 7.98. The van der Waals surface area contributed by atoms with Crippen LogP contribution in [0.4, 0.5) is 0 Å². The lowest BCUT2D eigenvalue weighted by Crippen LogP contribution is -2.23. The van der Waals surface area contributed by atoms with Gasteiger partial charge in [-0.25, -0.2) is 4.21 Å². The van der Waals surface area contributed by atoms with Crippen LogP contribution in [0.3, 0.4) is 0 Å². The fraction of sp³-hybridized carbons (Fsp3) is 0.333. The molecule has 1 saturated heterocycles. The molecule has 0 aromatic heterocycles. The van der Waals surface area contributed by atoms with E-state index in [1.807, 2.05) is 17.0 Å². The van der Waals surface area contributed by atoms with E-state index in [9.17, 15) is 9.00 Å². The molecule has 2 rings (SSSR count). The largest absolute Gasteiger partial charge is 0.338 e. The van der Waals surface area contributed by atoms with Crippen molar-refractivity contribution in [2.75, 3.05) is 6.54 Å². The highest BCUT2D eigenvalue weighted by Gasteiger charge is 2.19. The Kier molecular flexibility index (Phi) is 3.22. The van der Waals surface area contributed by atoms with Crippen molar-refractivity contribution in [1.82, 2.24) is 4.90 Å². The van der Waals surface area contributed by atoms with E-state index < -0.39 is 9.71 Å². The van der Waals surface area contributed by atoms with Crippen molar-refractivity contribution in [3.8, 4) is 0 Å². The van der Waals surface area contributed by atoms with E-state index in [1.165, 1.54) is 0 Å². The van der Waals surface area contributed by atoms with Crippen molar-refractivity contribution in [3.63, 3.8) is 0 Å². The third kappa shape index (κ3) is 2.87. The first kappa shape index (κ1) is 12.1. The number of hydrogen-bond acceptors (Lipinski definition) is 2. The third-order valence-electron chi connectivity index (χ3n) is 2.87. The van der Waals surface area contributed by atoms with Crippen LogP contribution in [-0.2, 0) is 21.0 Å². The average Bonchev–Trinajstić information content (AvgIpc) is 2.64. The number of carbonyl (C=O) groups excluding carboxylic acids is 1. The summed E-state index contributed by atoms with van der Waals surface area (Å²) in [7, 11) is -2.64. The van der Waals surface area contributed by atoms with Crippen LogP contribution in [-0.4, -0.2) is 27.4 Å². The molecule has 0 radical (unpaired) electrons. The molecule has 1 aliphatic rings. The summed E-state index contributed by atoms with van der Waals surface area (Å²) in [6.45, 7) is 1.44. The average molecular weight is 252 g/mol. The summed E-state index contributed by atoms with van der Waals surface area (Å²) in [6.07, 6.45) is 1.58. The number of hydrogen-bond donors (Lipinski definition) is 1. The molecule has 2 N–H and O–H groups in total. The fourth-order valence-corrected chi connectivity index (χ4v) is 2.51. The molecule has 1 aromatic rings. The van der Waals surface area contributed by atoms with Crippen LogP contribution < -0.4 is 5.14 Å². The van der Waals surface area contributed by atoms with E-state index in [0.29, 0.717) is 17.9 Å². The van der Waals surface area contributed by atoms with Crippen LogP contribution in [0.1, 0.15) is 18.4 Å². The molecule has 1 atom stereocenters. The summed E-state index contributed by atoms with van der Waals surface area (Å²) in [4.78, 5) is 13.8.